The van der Waals surface area contributed by atoms with E-state index in [4.69, 9.17) is 4.74 Å². The molecule has 0 bridgehead atoms. The zero-order chi connectivity index (χ0) is 10.7. The normalized spacial score (nSPS) is 25.1. The van der Waals surface area contributed by atoms with Gasteiger partial charge in [0.2, 0.25) is 0 Å². The monoisotopic (exact) mass is 205 g/mol. The Morgan fingerprint density at radius 2 is 2.13 bits per heavy atom. The maximum Gasteiger partial charge on any atom is 0.251 e. The molecule has 1 heterocycles. The van der Waals surface area contributed by atoms with Crippen LogP contribution in [0.25, 0.3) is 0 Å². The molecule has 1 aliphatic rings. The molecule has 80 valence electrons. The van der Waals surface area contributed by atoms with Gasteiger partial charge in [0.05, 0.1) is 12.1 Å². The summed E-state index contributed by atoms with van der Waals surface area (Å²) in [5.41, 5.74) is 0.705. The van der Waals surface area contributed by atoms with Crippen LogP contribution in [0.4, 0.5) is 0 Å². The van der Waals surface area contributed by atoms with Gasteiger partial charge in [-0.2, -0.15) is 0 Å². The number of amides is 1. The van der Waals surface area contributed by atoms with Gasteiger partial charge in [0.1, 0.15) is 0 Å². The fourth-order valence-corrected chi connectivity index (χ4v) is 1.76. The van der Waals surface area contributed by atoms with Crippen molar-refractivity contribution in [1.82, 2.24) is 5.32 Å². The Morgan fingerprint density at radius 1 is 1.40 bits per heavy atom. The minimum absolute atomic E-state index is 0.0158. The Kier molecular flexibility index (Phi) is 3.02. The molecule has 1 aromatic rings. The van der Waals surface area contributed by atoms with Crippen LogP contribution in [0.2, 0.25) is 0 Å². The zero-order valence-electron chi connectivity index (χ0n) is 8.77. The van der Waals surface area contributed by atoms with Crippen molar-refractivity contribution < 1.29 is 9.53 Å². The molecule has 0 saturated carbocycles. The molecule has 15 heavy (non-hydrogen) atoms. The second-order valence-electron chi connectivity index (χ2n) is 3.81. The van der Waals surface area contributed by atoms with Crippen molar-refractivity contribution in [2.45, 2.75) is 25.5 Å². The van der Waals surface area contributed by atoms with Gasteiger partial charge in [-0.15, -0.1) is 0 Å². The topological polar surface area (TPSA) is 38.3 Å². The maximum absolute atomic E-state index is 11.8. The van der Waals surface area contributed by atoms with E-state index in [-0.39, 0.29) is 18.1 Å². The average molecular weight is 205 g/mol. The molecular formula is C12H15NO2. The summed E-state index contributed by atoms with van der Waals surface area (Å²) in [6, 6.07) is 9.41. The van der Waals surface area contributed by atoms with Gasteiger partial charge in [-0.3, -0.25) is 4.79 Å². The number of carbonyl (C=O) groups is 1. The largest absolute Gasteiger partial charge is 0.376 e. The van der Waals surface area contributed by atoms with E-state index in [0.717, 1.165) is 13.0 Å². The number of hydrogen-bond acceptors (Lipinski definition) is 2. The first-order chi connectivity index (χ1) is 7.27. The van der Waals surface area contributed by atoms with Crippen molar-refractivity contribution in [1.29, 1.82) is 0 Å². The van der Waals surface area contributed by atoms with E-state index in [1.54, 1.807) is 0 Å². The molecule has 0 aromatic heterocycles. The van der Waals surface area contributed by atoms with Crippen LogP contribution in [0.15, 0.2) is 30.3 Å². The van der Waals surface area contributed by atoms with Crippen LogP contribution in [0.1, 0.15) is 23.7 Å². The summed E-state index contributed by atoms with van der Waals surface area (Å²) in [5.74, 6) is -0.0158. The van der Waals surface area contributed by atoms with Crippen molar-refractivity contribution >= 4 is 5.91 Å². The number of benzene rings is 1. The Morgan fingerprint density at radius 3 is 2.73 bits per heavy atom. The summed E-state index contributed by atoms with van der Waals surface area (Å²) in [5, 5.41) is 2.98. The highest BCUT2D eigenvalue weighted by Crippen LogP contribution is 2.13. The second kappa shape index (κ2) is 4.45. The first-order valence-electron chi connectivity index (χ1n) is 5.25. The minimum Gasteiger partial charge on any atom is -0.376 e. The Labute approximate surface area is 89.4 Å². The van der Waals surface area contributed by atoms with Gasteiger partial charge in [0.25, 0.3) is 5.91 Å². The lowest BCUT2D eigenvalue weighted by atomic mass is 10.1. The lowest BCUT2D eigenvalue weighted by Crippen LogP contribution is -2.39. The first-order valence-corrected chi connectivity index (χ1v) is 5.25. The number of rotatable bonds is 2. The summed E-state index contributed by atoms with van der Waals surface area (Å²) in [7, 11) is 0. The Hall–Kier alpha value is -1.35. The molecule has 1 saturated heterocycles. The average Bonchev–Trinajstić information content (AvgIpc) is 2.66. The van der Waals surface area contributed by atoms with Gasteiger partial charge in [0, 0.05) is 12.2 Å². The van der Waals surface area contributed by atoms with Crippen LogP contribution in [-0.4, -0.2) is 24.7 Å². The van der Waals surface area contributed by atoms with E-state index in [9.17, 15) is 4.79 Å². The maximum atomic E-state index is 11.8. The predicted molar refractivity (Wildman–Crippen MR) is 57.7 cm³/mol. The van der Waals surface area contributed by atoms with Gasteiger partial charge in [-0.05, 0) is 25.5 Å². The van der Waals surface area contributed by atoms with Crippen LogP contribution < -0.4 is 5.32 Å². The van der Waals surface area contributed by atoms with Gasteiger partial charge >= 0.3 is 0 Å². The molecule has 1 N–H and O–H groups in total. The number of nitrogens with one attached hydrogen (secondary N) is 1. The van der Waals surface area contributed by atoms with Crippen LogP contribution >= 0.6 is 0 Å². The summed E-state index contributed by atoms with van der Waals surface area (Å²) in [6.45, 7) is 2.73. The van der Waals surface area contributed by atoms with E-state index >= 15 is 0 Å². The molecule has 1 amide bonds. The van der Waals surface area contributed by atoms with E-state index < -0.39 is 0 Å². The summed E-state index contributed by atoms with van der Waals surface area (Å²) < 4.78 is 5.39. The van der Waals surface area contributed by atoms with Crippen molar-refractivity contribution in [3.63, 3.8) is 0 Å². The van der Waals surface area contributed by atoms with E-state index in [1.807, 2.05) is 37.3 Å². The highest BCUT2D eigenvalue weighted by molar-refractivity contribution is 5.94. The lowest BCUT2D eigenvalue weighted by Gasteiger charge is -2.15. The van der Waals surface area contributed by atoms with E-state index in [1.165, 1.54) is 0 Å². The molecule has 2 unspecified atom stereocenters. The van der Waals surface area contributed by atoms with E-state index in [2.05, 4.69) is 5.32 Å². The van der Waals surface area contributed by atoms with Crippen LogP contribution in [-0.2, 0) is 4.74 Å². The highest BCUT2D eigenvalue weighted by atomic mass is 16.5. The van der Waals surface area contributed by atoms with Gasteiger partial charge in [-0.25, -0.2) is 0 Å². The molecule has 3 heteroatoms. The number of ether oxygens (including phenoxy) is 1. The second-order valence-corrected chi connectivity index (χ2v) is 3.81. The lowest BCUT2D eigenvalue weighted by molar-refractivity contribution is 0.0866. The van der Waals surface area contributed by atoms with Gasteiger partial charge in [-0.1, -0.05) is 18.2 Å². The van der Waals surface area contributed by atoms with Crippen LogP contribution in [0.3, 0.4) is 0 Å². The van der Waals surface area contributed by atoms with Crippen LogP contribution in [0, 0.1) is 0 Å². The first kappa shape index (κ1) is 10.2. The Bertz CT molecular complexity index is 337. The third kappa shape index (κ3) is 2.36. The minimum atomic E-state index is -0.0158. The molecule has 1 fully saturated rings. The van der Waals surface area contributed by atoms with Crippen molar-refractivity contribution in [2.75, 3.05) is 6.61 Å². The number of carbonyl (C=O) groups excluding carboxylic acids is 1. The summed E-state index contributed by atoms with van der Waals surface area (Å²) in [6.07, 6.45) is 1.03. The molecule has 0 aliphatic carbocycles. The van der Waals surface area contributed by atoms with Crippen molar-refractivity contribution in [3.8, 4) is 0 Å². The molecular weight excluding hydrogens is 190 g/mol. The molecule has 0 spiro atoms. The molecule has 2 atom stereocenters. The fourth-order valence-electron chi connectivity index (χ4n) is 1.76. The summed E-state index contributed by atoms with van der Waals surface area (Å²) >= 11 is 0. The fraction of sp³-hybridized carbons (Fsp3) is 0.417. The third-order valence-corrected chi connectivity index (χ3v) is 2.73. The quantitative estimate of drug-likeness (QED) is 0.796. The van der Waals surface area contributed by atoms with E-state index in [0.29, 0.717) is 5.56 Å². The zero-order valence-corrected chi connectivity index (χ0v) is 8.77. The molecule has 2 rings (SSSR count). The molecule has 0 radical (unpaired) electrons. The standard InChI is InChI=1S/C12H15NO2/c1-9-11(7-8-15-9)13-12(14)10-5-3-2-4-6-10/h2-6,9,11H,7-8H2,1H3,(H,13,14). The van der Waals surface area contributed by atoms with Crippen molar-refractivity contribution in [2.24, 2.45) is 0 Å². The third-order valence-electron chi connectivity index (χ3n) is 2.73. The van der Waals surface area contributed by atoms with Gasteiger partial charge < -0.3 is 10.1 Å². The summed E-state index contributed by atoms with van der Waals surface area (Å²) in [4.78, 5) is 11.8. The molecule has 3 nitrogen and oxygen atoms in total. The highest BCUT2D eigenvalue weighted by Gasteiger charge is 2.25. The predicted octanol–water partition coefficient (Wildman–Crippen LogP) is 1.59. The number of hydrogen-bond donors (Lipinski definition) is 1. The Balaban J connectivity index is 1.98. The molecule has 1 aliphatic heterocycles. The SMILES string of the molecule is CC1OCCC1NC(=O)c1ccccc1. The van der Waals surface area contributed by atoms with Crippen molar-refractivity contribution in [3.05, 3.63) is 35.9 Å². The smallest absolute Gasteiger partial charge is 0.251 e. The van der Waals surface area contributed by atoms with Crippen LogP contribution in [0.5, 0.6) is 0 Å². The molecule has 1 aromatic carbocycles. The van der Waals surface area contributed by atoms with Gasteiger partial charge in [0.15, 0.2) is 0 Å².